The zero-order valence-corrected chi connectivity index (χ0v) is 15.6. The van der Waals surface area contributed by atoms with Gasteiger partial charge in [0.1, 0.15) is 19.3 Å². The van der Waals surface area contributed by atoms with Crippen molar-refractivity contribution in [3.8, 4) is 11.5 Å². The molecule has 1 aromatic heterocycles. The van der Waals surface area contributed by atoms with Crippen LogP contribution in [0.25, 0.3) is 0 Å². The van der Waals surface area contributed by atoms with Crippen molar-refractivity contribution < 1.29 is 24.0 Å². The summed E-state index contributed by atoms with van der Waals surface area (Å²) in [6, 6.07) is 9.11. The van der Waals surface area contributed by atoms with Gasteiger partial charge in [0.25, 0.3) is 5.91 Å². The molecule has 2 aliphatic rings. The van der Waals surface area contributed by atoms with Crippen LogP contribution in [0.4, 0.5) is 10.5 Å². The molecule has 1 aromatic carbocycles. The number of hydrogen-bond acceptors (Lipinski definition) is 5. The summed E-state index contributed by atoms with van der Waals surface area (Å²) in [5.74, 6) is 0.967. The van der Waals surface area contributed by atoms with Crippen LogP contribution in [0.1, 0.15) is 23.8 Å². The van der Waals surface area contributed by atoms with Gasteiger partial charge in [-0.1, -0.05) is 6.07 Å². The molecule has 3 N–H and O–H groups in total. The SMILES string of the molecule is O=C(C[NH+]1CCC[C@@H]1c1cccs1)NC(=O)Nc1ccc2c(c1)OCCO2. The van der Waals surface area contributed by atoms with Crippen molar-refractivity contribution in [3.05, 3.63) is 40.6 Å². The highest BCUT2D eigenvalue weighted by Gasteiger charge is 2.32. The molecule has 0 aliphatic carbocycles. The highest BCUT2D eigenvalue weighted by atomic mass is 32.1. The summed E-state index contributed by atoms with van der Waals surface area (Å²) in [5, 5.41) is 7.16. The monoisotopic (exact) mass is 388 g/mol. The molecule has 27 heavy (non-hydrogen) atoms. The van der Waals surface area contributed by atoms with Gasteiger partial charge in [-0.2, -0.15) is 0 Å². The molecule has 0 radical (unpaired) electrons. The normalized spacial score (nSPS) is 20.9. The largest absolute Gasteiger partial charge is 0.486 e. The van der Waals surface area contributed by atoms with Crippen LogP contribution < -0.4 is 25.0 Å². The molecule has 8 heteroatoms. The van der Waals surface area contributed by atoms with E-state index in [1.54, 1.807) is 29.5 Å². The van der Waals surface area contributed by atoms with Crippen molar-refractivity contribution >= 4 is 29.0 Å². The molecule has 4 rings (SSSR count). The number of likely N-dealkylation sites (tertiary alicyclic amines) is 1. The van der Waals surface area contributed by atoms with E-state index in [0.717, 1.165) is 19.4 Å². The molecule has 7 nitrogen and oxygen atoms in total. The number of thiophene rings is 1. The van der Waals surface area contributed by atoms with E-state index in [2.05, 4.69) is 22.1 Å². The fraction of sp³-hybridized carbons (Fsp3) is 0.368. The van der Waals surface area contributed by atoms with Crippen LogP contribution in [-0.2, 0) is 4.79 Å². The number of imide groups is 1. The van der Waals surface area contributed by atoms with Crippen LogP contribution >= 0.6 is 11.3 Å². The van der Waals surface area contributed by atoms with Crippen molar-refractivity contribution in [2.75, 3.05) is 31.6 Å². The van der Waals surface area contributed by atoms with E-state index < -0.39 is 6.03 Å². The molecule has 2 aliphatic heterocycles. The van der Waals surface area contributed by atoms with E-state index in [9.17, 15) is 9.59 Å². The van der Waals surface area contributed by atoms with Crippen LogP contribution in [0.3, 0.4) is 0 Å². The van der Waals surface area contributed by atoms with Gasteiger partial charge in [0.2, 0.25) is 0 Å². The number of hydrogen-bond donors (Lipinski definition) is 3. The number of carbonyl (C=O) groups excluding carboxylic acids is 2. The number of nitrogens with one attached hydrogen (secondary N) is 3. The molecule has 2 atom stereocenters. The standard InChI is InChI=1S/C19H21N3O4S/c23-18(12-22-7-1-3-14(22)17-4-2-10-27-17)21-19(24)20-13-5-6-15-16(11-13)26-9-8-25-15/h2,4-6,10-11,14H,1,3,7-9,12H2,(H2,20,21,23,24)/p+1/t14-/m1/s1. The van der Waals surface area contributed by atoms with Gasteiger partial charge in [0, 0.05) is 24.6 Å². The molecule has 3 heterocycles. The Balaban J connectivity index is 1.31. The van der Waals surface area contributed by atoms with E-state index in [4.69, 9.17) is 9.47 Å². The Morgan fingerprint density at radius 1 is 1.19 bits per heavy atom. The maximum Gasteiger partial charge on any atom is 0.326 e. The van der Waals surface area contributed by atoms with E-state index in [1.165, 1.54) is 9.78 Å². The minimum absolute atomic E-state index is 0.275. The van der Waals surface area contributed by atoms with Gasteiger partial charge in [-0.3, -0.25) is 10.1 Å². The summed E-state index contributed by atoms with van der Waals surface area (Å²) in [7, 11) is 0. The van der Waals surface area contributed by atoms with E-state index in [1.807, 2.05) is 6.07 Å². The maximum absolute atomic E-state index is 12.3. The second-order valence-electron chi connectivity index (χ2n) is 6.66. The Kier molecular flexibility index (Phi) is 5.26. The minimum atomic E-state index is -0.539. The van der Waals surface area contributed by atoms with Gasteiger partial charge in [-0.25, -0.2) is 4.79 Å². The van der Waals surface area contributed by atoms with Crippen LogP contribution in [-0.4, -0.2) is 38.2 Å². The molecule has 0 spiro atoms. The van der Waals surface area contributed by atoms with Crippen LogP contribution in [0.5, 0.6) is 11.5 Å². The van der Waals surface area contributed by atoms with Crippen LogP contribution in [0, 0.1) is 0 Å². The lowest BCUT2D eigenvalue weighted by molar-refractivity contribution is -0.910. The zero-order valence-electron chi connectivity index (χ0n) is 14.8. The lowest BCUT2D eigenvalue weighted by atomic mass is 10.2. The Hall–Kier alpha value is -2.58. The zero-order chi connectivity index (χ0) is 18.6. The summed E-state index contributed by atoms with van der Waals surface area (Å²) < 4.78 is 11.0. The number of rotatable bonds is 4. The topological polar surface area (TPSA) is 81.1 Å². The predicted molar refractivity (Wildman–Crippen MR) is 102 cm³/mol. The summed E-state index contributed by atoms with van der Waals surface area (Å²) in [6.07, 6.45) is 2.17. The number of ether oxygens (including phenoxy) is 2. The number of amides is 3. The van der Waals surface area contributed by atoms with E-state index in [0.29, 0.717) is 36.4 Å². The fourth-order valence-corrected chi connectivity index (χ4v) is 4.54. The lowest BCUT2D eigenvalue weighted by Gasteiger charge is -2.20. The third kappa shape index (κ3) is 4.23. The van der Waals surface area contributed by atoms with Crippen molar-refractivity contribution in [2.45, 2.75) is 18.9 Å². The van der Waals surface area contributed by atoms with Gasteiger partial charge in [-0.05, 0) is 23.6 Å². The van der Waals surface area contributed by atoms with Crippen molar-refractivity contribution in [1.29, 1.82) is 0 Å². The molecule has 1 fully saturated rings. The third-order valence-electron chi connectivity index (χ3n) is 4.81. The first-order valence-electron chi connectivity index (χ1n) is 9.07. The molecule has 2 aromatic rings. The summed E-state index contributed by atoms with van der Waals surface area (Å²) >= 11 is 1.72. The van der Waals surface area contributed by atoms with Crippen LogP contribution in [0.2, 0.25) is 0 Å². The molecule has 1 unspecified atom stereocenters. The summed E-state index contributed by atoms with van der Waals surface area (Å²) in [4.78, 5) is 27.0. The summed E-state index contributed by atoms with van der Waals surface area (Å²) in [6.45, 7) is 2.22. The van der Waals surface area contributed by atoms with Gasteiger partial charge in [0.05, 0.1) is 11.4 Å². The Morgan fingerprint density at radius 3 is 2.85 bits per heavy atom. The van der Waals surface area contributed by atoms with Gasteiger partial charge >= 0.3 is 6.03 Å². The highest BCUT2D eigenvalue weighted by molar-refractivity contribution is 7.10. The highest BCUT2D eigenvalue weighted by Crippen LogP contribution is 2.32. The third-order valence-corrected chi connectivity index (χ3v) is 5.80. The molecule has 3 amide bonds. The molecule has 1 saturated heterocycles. The number of benzene rings is 1. The first-order chi connectivity index (χ1) is 13.2. The quantitative estimate of drug-likeness (QED) is 0.743. The van der Waals surface area contributed by atoms with Crippen LogP contribution in [0.15, 0.2) is 35.7 Å². The lowest BCUT2D eigenvalue weighted by Crippen LogP contribution is -3.11. The van der Waals surface area contributed by atoms with Gasteiger partial charge in [0.15, 0.2) is 18.0 Å². The Labute approximate surface area is 161 Å². The minimum Gasteiger partial charge on any atom is -0.486 e. The molecular formula is C19H22N3O4S+. The second-order valence-corrected chi connectivity index (χ2v) is 7.64. The molecule has 0 saturated carbocycles. The van der Waals surface area contributed by atoms with E-state index >= 15 is 0 Å². The smallest absolute Gasteiger partial charge is 0.326 e. The predicted octanol–water partition coefficient (Wildman–Crippen LogP) is 1.59. The molecule has 142 valence electrons. The number of anilines is 1. The number of carbonyl (C=O) groups is 2. The first-order valence-corrected chi connectivity index (χ1v) is 9.95. The average Bonchev–Trinajstić information content (AvgIpc) is 3.32. The number of quaternary nitrogens is 1. The fourth-order valence-electron chi connectivity index (χ4n) is 3.62. The van der Waals surface area contributed by atoms with Crippen molar-refractivity contribution in [3.63, 3.8) is 0 Å². The number of fused-ring (bicyclic) bond motifs is 1. The summed E-state index contributed by atoms with van der Waals surface area (Å²) in [5.41, 5.74) is 0.550. The van der Waals surface area contributed by atoms with Gasteiger partial charge in [-0.15, -0.1) is 11.3 Å². The first kappa shape index (κ1) is 17.8. The van der Waals surface area contributed by atoms with Gasteiger partial charge < -0.3 is 19.7 Å². The second kappa shape index (κ2) is 7.98. The Bertz CT molecular complexity index is 824. The van der Waals surface area contributed by atoms with Crippen molar-refractivity contribution in [2.24, 2.45) is 0 Å². The van der Waals surface area contributed by atoms with Crippen molar-refractivity contribution in [1.82, 2.24) is 5.32 Å². The molecule has 0 bridgehead atoms. The van der Waals surface area contributed by atoms with E-state index in [-0.39, 0.29) is 12.5 Å². The Morgan fingerprint density at radius 2 is 2.04 bits per heavy atom. The maximum atomic E-state index is 12.3. The molecular weight excluding hydrogens is 366 g/mol. The number of urea groups is 1. The average molecular weight is 388 g/mol.